The van der Waals surface area contributed by atoms with Crippen LogP contribution in [0.15, 0.2) is 77.7 Å². The number of nitrogens with zero attached hydrogens (tertiary/aromatic N) is 2. The quantitative estimate of drug-likeness (QED) is 0.177. The summed E-state index contributed by atoms with van der Waals surface area (Å²) < 4.78 is 33.0. The highest BCUT2D eigenvalue weighted by molar-refractivity contribution is 7.90. The number of aromatic nitrogens is 1. The van der Waals surface area contributed by atoms with Gasteiger partial charge in [-0.25, -0.2) is 17.2 Å². The summed E-state index contributed by atoms with van der Waals surface area (Å²) >= 11 is 0. The average molecular weight is 478 g/mol. The van der Waals surface area contributed by atoms with E-state index in [2.05, 4.69) is 0 Å². The maximum atomic E-state index is 13.7. The van der Waals surface area contributed by atoms with Crippen LogP contribution in [0.2, 0.25) is 0 Å². The normalized spacial score (nSPS) is 11.4. The van der Waals surface area contributed by atoms with Crippen LogP contribution in [0.1, 0.15) is 32.0 Å². The molecule has 0 saturated heterocycles. The van der Waals surface area contributed by atoms with Gasteiger partial charge in [0.05, 0.1) is 28.0 Å². The fourth-order valence-corrected chi connectivity index (χ4v) is 5.21. The number of rotatable bonds is 6. The Balaban J connectivity index is 2.07. The van der Waals surface area contributed by atoms with Crippen LogP contribution in [0.3, 0.4) is 0 Å². The van der Waals surface area contributed by atoms with Gasteiger partial charge in [-0.3, -0.25) is 14.9 Å². The van der Waals surface area contributed by atoms with Crippen LogP contribution in [0.25, 0.3) is 10.9 Å². The number of hydrogen-bond donors (Lipinski definition) is 0. The summed E-state index contributed by atoms with van der Waals surface area (Å²) in [7, 11) is -3.26. The molecule has 0 radical (unpaired) electrons. The molecule has 1 aromatic heterocycles. The van der Waals surface area contributed by atoms with Crippen molar-refractivity contribution in [1.29, 1.82) is 0 Å². The van der Waals surface area contributed by atoms with Gasteiger partial charge in [-0.15, -0.1) is 0 Å². The molecule has 0 atom stereocenters. The molecule has 0 aliphatic rings. The standard InChI is InChI=1S/C24H18N2O7S/c1-15-10-12-18(13-11-15)34(31,32)25-20-9-4-3-8-19(20)21(22(25)24(28)33-2)23(27)16-6-5-7-17(14-16)26(29)30/h3-14H,1-2H3. The molecule has 0 aliphatic heterocycles. The Morgan fingerprint density at radius 1 is 0.971 bits per heavy atom. The molecule has 0 fully saturated rings. The van der Waals surface area contributed by atoms with E-state index in [0.29, 0.717) is 0 Å². The minimum Gasteiger partial charge on any atom is -0.464 e. The number of nitro benzene ring substituents is 1. The summed E-state index contributed by atoms with van der Waals surface area (Å²) in [4.78, 5) is 36.9. The number of ketones is 1. The first-order valence-electron chi connectivity index (χ1n) is 10.00. The molecular formula is C24H18N2O7S. The molecule has 0 aliphatic carbocycles. The zero-order valence-electron chi connectivity index (χ0n) is 18.1. The molecule has 0 saturated carbocycles. The number of non-ortho nitro benzene ring substituents is 1. The van der Waals surface area contributed by atoms with E-state index < -0.39 is 32.4 Å². The van der Waals surface area contributed by atoms with Crippen molar-refractivity contribution < 1.29 is 27.7 Å². The fraction of sp³-hybridized carbons (Fsp3) is 0.0833. The van der Waals surface area contributed by atoms with E-state index >= 15 is 0 Å². The molecule has 4 aromatic rings. The van der Waals surface area contributed by atoms with Crippen molar-refractivity contribution in [2.24, 2.45) is 0 Å². The first-order valence-corrected chi connectivity index (χ1v) is 11.4. The van der Waals surface area contributed by atoms with Gasteiger partial charge in [0.1, 0.15) is 0 Å². The molecule has 10 heteroatoms. The Labute approximate surface area is 194 Å². The van der Waals surface area contributed by atoms with E-state index in [-0.39, 0.29) is 32.6 Å². The van der Waals surface area contributed by atoms with Crippen molar-refractivity contribution >= 4 is 38.4 Å². The van der Waals surface area contributed by atoms with Gasteiger partial charge < -0.3 is 4.74 Å². The highest BCUT2D eigenvalue weighted by atomic mass is 32.2. The zero-order chi connectivity index (χ0) is 24.6. The number of hydrogen-bond acceptors (Lipinski definition) is 7. The lowest BCUT2D eigenvalue weighted by atomic mass is 9.99. The molecule has 4 rings (SSSR count). The van der Waals surface area contributed by atoms with Crippen molar-refractivity contribution in [3.63, 3.8) is 0 Å². The molecule has 9 nitrogen and oxygen atoms in total. The van der Waals surface area contributed by atoms with E-state index in [9.17, 15) is 28.1 Å². The van der Waals surface area contributed by atoms with Crippen LogP contribution in [0, 0.1) is 17.0 Å². The number of nitro groups is 1. The maximum absolute atomic E-state index is 13.7. The summed E-state index contributed by atoms with van der Waals surface area (Å²) in [5.41, 5.74) is -0.167. The van der Waals surface area contributed by atoms with Gasteiger partial charge in [0.25, 0.3) is 15.7 Å². The smallest absolute Gasteiger partial charge is 0.356 e. The lowest BCUT2D eigenvalue weighted by Gasteiger charge is -2.12. The predicted molar refractivity (Wildman–Crippen MR) is 124 cm³/mol. The maximum Gasteiger partial charge on any atom is 0.356 e. The molecule has 34 heavy (non-hydrogen) atoms. The molecule has 1 heterocycles. The number of carbonyl (C=O) groups is 2. The summed E-state index contributed by atoms with van der Waals surface area (Å²) in [5, 5.41) is 11.4. The lowest BCUT2D eigenvalue weighted by molar-refractivity contribution is -0.384. The topological polar surface area (TPSA) is 126 Å². The molecule has 172 valence electrons. The van der Waals surface area contributed by atoms with Crippen LogP contribution >= 0.6 is 0 Å². The fourth-order valence-electron chi connectivity index (χ4n) is 3.69. The third-order valence-electron chi connectivity index (χ3n) is 5.32. The van der Waals surface area contributed by atoms with Crippen LogP contribution < -0.4 is 0 Å². The molecule has 0 bridgehead atoms. The molecular weight excluding hydrogens is 460 g/mol. The second kappa shape index (κ2) is 8.56. The number of para-hydroxylation sites is 1. The number of benzene rings is 3. The average Bonchev–Trinajstić information content (AvgIpc) is 3.19. The van der Waals surface area contributed by atoms with Gasteiger partial charge in [-0.05, 0) is 25.1 Å². The molecule has 0 spiro atoms. The Morgan fingerprint density at radius 2 is 1.65 bits per heavy atom. The Kier molecular flexibility index (Phi) is 5.76. The monoisotopic (exact) mass is 478 g/mol. The van der Waals surface area contributed by atoms with Gasteiger partial charge in [0.2, 0.25) is 0 Å². The molecule has 3 aromatic carbocycles. The van der Waals surface area contributed by atoms with Gasteiger partial charge >= 0.3 is 5.97 Å². The molecule has 0 amide bonds. The Hall–Kier alpha value is -4.31. The number of fused-ring (bicyclic) bond motifs is 1. The first kappa shape index (κ1) is 22.9. The minimum absolute atomic E-state index is 0.0741. The second-order valence-corrected chi connectivity index (χ2v) is 9.24. The summed E-state index contributed by atoms with van der Waals surface area (Å²) in [5.74, 6) is -1.79. The van der Waals surface area contributed by atoms with Crippen molar-refractivity contribution in [1.82, 2.24) is 3.97 Å². The van der Waals surface area contributed by atoms with E-state index in [1.54, 1.807) is 31.2 Å². The van der Waals surface area contributed by atoms with Crippen LogP contribution in [-0.4, -0.2) is 36.2 Å². The first-order chi connectivity index (χ1) is 16.2. The van der Waals surface area contributed by atoms with E-state index in [1.165, 1.54) is 42.5 Å². The SMILES string of the molecule is COC(=O)c1c(C(=O)c2cccc([N+](=O)[O-])c2)c2ccccc2n1S(=O)(=O)c1ccc(C)cc1. The van der Waals surface area contributed by atoms with Crippen molar-refractivity contribution in [2.75, 3.05) is 7.11 Å². The summed E-state index contributed by atoms with van der Waals surface area (Å²) in [6.07, 6.45) is 0. The van der Waals surface area contributed by atoms with Crippen LogP contribution in [0.5, 0.6) is 0 Å². The van der Waals surface area contributed by atoms with E-state index in [4.69, 9.17) is 4.74 Å². The number of carbonyl (C=O) groups excluding carboxylic acids is 2. The van der Waals surface area contributed by atoms with Gasteiger partial charge in [0, 0.05) is 23.1 Å². The highest BCUT2D eigenvalue weighted by Gasteiger charge is 2.34. The highest BCUT2D eigenvalue weighted by Crippen LogP contribution is 2.33. The molecule has 0 unspecified atom stereocenters. The third kappa shape index (κ3) is 3.73. The van der Waals surface area contributed by atoms with Crippen LogP contribution in [-0.2, 0) is 14.8 Å². The summed E-state index contributed by atoms with van der Waals surface area (Å²) in [6.45, 7) is 1.80. The van der Waals surface area contributed by atoms with Gasteiger partial charge in [-0.1, -0.05) is 48.0 Å². The number of ether oxygens (including phenoxy) is 1. The summed E-state index contributed by atoms with van der Waals surface area (Å²) in [6, 6.07) is 17.2. The Bertz CT molecular complexity index is 1570. The zero-order valence-corrected chi connectivity index (χ0v) is 18.9. The van der Waals surface area contributed by atoms with Crippen molar-refractivity contribution in [2.45, 2.75) is 11.8 Å². The second-order valence-electron chi connectivity index (χ2n) is 7.45. The number of aryl methyl sites for hydroxylation is 1. The van der Waals surface area contributed by atoms with Gasteiger partial charge in [0.15, 0.2) is 11.5 Å². The number of methoxy groups -OCH3 is 1. The van der Waals surface area contributed by atoms with E-state index in [0.717, 1.165) is 22.7 Å². The number of esters is 1. The lowest BCUT2D eigenvalue weighted by Crippen LogP contribution is -2.21. The van der Waals surface area contributed by atoms with E-state index in [1.807, 2.05) is 0 Å². The van der Waals surface area contributed by atoms with Crippen molar-refractivity contribution in [3.8, 4) is 0 Å². The van der Waals surface area contributed by atoms with Crippen molar-refractivity contribution in [3.05, 3.63) is 105 Å². The largest absolute Gasteiger partial charge is 0.464 e. The van der Waals surface area contributed by atoms with Crippen LogP contribution in [0.4, 0.5) is 5.69 Å². The minimum atomic E-state index is -4.33. The predicted octanol–water partition coefficient (Wildman–Crippen LogP) is 4.11. The van der Waals surface area contributed by atoms with Gasteiger partial charge in [-0.2, -0.15) is 0 Å². The molecule has 0 N–H and O–H groups in total. The Morgan fingerprint density at radius 3 is 2.29 bits per heavy atom. The third-order valence-corrected chi connectivity index (χ3v) is 7.04.